The van der Waals surface area contributed by atoms with E-state index < -0.39 is 11.6 Å². The minimum Gasteiger partial charge on any atom is -0.465 e. The Labute approximate surface area is 189 Å². The van der Waals surface area contributed by atoms with Crippen LogP contribution in [0.1, 0.15) is 67.4 Å². The lowest BCUT2D eigenvalue weighted by Crippen LogP contribution is -2.40. The molecular formula is C24H33NO5S. The van der Waals surface area contributed by atoms with Crippen molar-refractivity contribution in [1.82, 2.24) is 0 Å². The van der Waals surface area contributed by atoms with Crippen LogP contribution in [0.15, 0.2) is 11.1 Å². The summed E-state index contributed by atoms with van der Waals surface area (Å²) in [6.07, 6.45) is 5.92. The first kappa shape index (κ1) is 23.9. The third-order valence-electron chi connectivity index (χ3n) is 5.50. The number of hydrogen-bond donors (Lipinski definition) is 1. The Balaban J connectivity index is 1.61. The second-order valence-electron chi connectivity index (χ2n) is 9.45. The van der Waals surface area contributed by atoms with Gasteiger partial charge in [-0.25, -0.2) is 4.79 Å². The Morgan fingerprint density at radius 2 is 2.13 bits per heavy atom. The summed E-state index contributed by atoms with van der Waals surface area (Å²) < 4.78 is 16.1. The predicted molar refractivity (Wildman–Crippen MR) is 122 cm³/mol. The molecule has 2 aliphatic rings. The van der Waals surface area contributed by atoms with Crippen molar-refractivity contribution in [1.29, 1.82) is 0 Å². The number of aliphatic hydroxyl groups is 1. The summed E-state index contributed by atoms with van der Waals surface area (Å²) in [7, 11) is 1.37. The van der Waals surface area contributed by atoms with Gasteiger partial charge in [0.2, 0.25) is 0 Å². The van der Waals surface area contributed by atoms with Crippen molar-refractivity contribution in [3.8, 4) is 11.8 Å². The molecular weight excluding hydrogens is 414 g/mol. The highest BCUT2D eigenvalue weighted by Crippen LogP contribution is 2.34. The van der Waals surface area contributed by atoms with Crippen LogP contribution in [0.25, 0.3) is 0 Å². The van der Waals surface area contributed by atoms with Gasteiger partial charge in [0.15, 0.2) is 0 Å². The highest BCUT2D eigenvalue weighted by atomic mass is 32.1. The van der Waals surface area contributed by atoms with E-state index >= 15 is 0 Å². The summed E-state index contributed by atoms with van der Waals surface area (Å²) in [6.45, 7) is 7.86. The monoisotopic (exact) mass is 447 g/mol. The maximum absolute atomic E-state index is 12.2. The number of thiophene rings is 1. The van der Waals surface area contributed by atoms with Crippen molar-refractivity contribution in [2.24, 2.45) is 16.3 Å². The molecule has 7 heteroatoms. The Hall–Kier alpha value is -1.72. The molecule has 1 N–H and O–H groups in total. The number of nitrogens with zero attached hydrogens (tertiary/aromatic N) is 1. The van der Waals surface area contributed by atoms with E-state index in [-0.39, 0.29) is 17.4 Å². The second kappa shape index (κ2) is 10.3. The van der Waals surface area contributed by atoms with E-state index in [0.717, 1.165) is 30.7 Å². The van der Waals surface area contributed by atoms with E-state index in [9.17, 15) is 9.90 Å². The fraction of sp³-hybridized carbons (Fsp3) is 0.667. The summed E-state index contributed by atoms with van der Waals surface area (Å²) in [5, 5.41) is 10.8. The fourth-order valence-electron chi connectivity index (χ4n) is 3.60. The second-order valence-corrected chi connectivity index (χ2v) is 10.5. The molecule has 170 valence electrons. The van der Waals surface area contributed by atoms with Crippen LogP contribution >= 0.6 is 11.3 Å². The lowest BCUT2D eigenvalue weighted by molar-refractivity contribution is -0.0932. The number of carbonyl (C=O) groups is 1. The summed E-state index contributed by atoms with van der Waals surface area (Å²) in [5.41, 5.74) is -0.297. The van der Waals surface area contributed by atoms with E-state index in [0.29, 0.717) is 36.6 Å². The van der Waals surface area contributed by atoms with Gasteiger partial charge in [-0.2, -0.15) is 0 Å². The third kappa shape index (κ3) is 7.15. The van der Waals surface area contributed by atoms with E-state index in [1.807, 2.05) is 33.1 Å². The van der Waals surface area contributed by atoms with Crippen LogP contribution in [-0.4, -0.2) is 55.9 Å². The van der Waals surface area contributed by atoms with Crippen molar-refractivity contribution in [2.75, 3.05) is 26.9 Å². The highest BCUT2D eigenvalue weighted by Gasteiger charge is 2.34. The van der Waals surface area contributed by atoms with Gasteiger partial charge in [0, 0.05) is 18.2 Å². The van der Waals surface area contributed by atoms with E-state index in [4.69, 9.17) is 14.2 Å². The molecule has 1 aliphatic carbocycles. The van der Waals surface area contributed by atoms with Crippen molar-refractivity contribution < 1.29 is 24.1 Å². The lowest BCUT2D eigenvalue weighted by Gasteiger charge is -2.35. The first-order valence-electron chi connectivity index (χ1n) is 10.9. The number of aliphatic imine (C=N–C) groups is 1. The lowest BCUT2D eigenvalue weighted by atomic mass is 9.79. The van der Waals surface area contributed by atoms with Crippen LogP contribution < -0.4 is 0 Å². The molecule has 3 rings (SSSR count). The smallest absolute Gasteiger partial charge is 0.350 e. The minimum atomic E-state index is -0.776. The van der Waals surface area contributed by atoms with E-state index in [2.05, 4.69) is 16.8 Å². The zero-order chi connectivity index (χ0) is 22.5. The first-order chi connectivity index (χ1) is 14.7. The molecule has 0 bridgehead atoms. The maximum atomic E-state index is 12.2. The zero-order valence-electron chi connectivity index (χ0n) is 18.9. The molecule has 31 heavy (non-hydrogen) atoms. The number of hydrogen-bond acceptors (Lipinski definition) is 7. The van der Waals surface area contributed by atoms with Crippen molar-refractivity contribution in [3.05, 3.63) is 15.8 Å². The average molecular weight is 448 g/mol. The molecule has 0 unspecified atom stereocenters. The van der Waals surface area contributed by atoms with Gasteiger partial charge >= 0.3 is 5.97 Å². The van der Waals surface area contributed by atoms with Gasteiger partial charge in [-0.3, -0.25) is 4.99 Å². The molecule has 0 amide bonds. The fourth-order valence-corrected chi connectivity index (χ4v) is 4.48. The average Bonchev–Trinajstić information content (AvgIpc) is 3.39. The quantitative estimate of drug-likeness (QED) is 0.398. The summed E-state index contributed by atoms with van der Waals surface area (Å²) >= 11 is 1.31. The molecule has 1 saturated heterocycles. The highest BCUT2D eigenvalue weighted by molar-refractivity contribution is 7.15. The van der Waals surface area contributed by atoms with E-state index in [1.165, 1.54) is 18.4 Å². The van der Waals surface area contributed by atoms with Gasteiger partial charge in [0.25, 0.3) is 0 Å². The number of esters is 1. The molecule has 0 radical (unpaired) electrons. The van der Waals surface area contributed by atoms with Crippen LogP contribution in [0.2, 0.25) is 0 Å². The normalized spacial score (nSPS) is 26.6. The van der Waals surface area contributed by atoms with E-state index in [1.54, 1.807) is 0 Å². The SMILES string of the molecule is COC(=O)c1sc(C#CC(C)(C)C)cc1/N=C/C1CCC(O)(CO[C@H]2CCOC2)CC1. The molecule has 1 aromatic rings. The van der Waals surface area contributed by atoms with Gasteiger partial charge in [-0.05, 0) is 64.9 Å². The molecule has 0 aromatic carbocycles. The minimum absolute atomic E-state index is 0.106. The molecule has 1 saturated carbocycles. The molecule has 1 aromatic heterocycles. The first-order valence-corrected chi connectivity index (χ1v) is 11.7. The molecule has 2 heterocycles. The Morgan fingerprint density at radius 3 is 2.74 bits per heavy atom. The van der Waals surface area contributed by atoms with Gasteiger partial charge < -0.3 is 19.3 Å². The molecule has 6 nitrogen and oxygen atoms in total. The number of ether oxygens (including phenoxy) is 3. The molecule has 1 atom stereocenters. The number of carbonyl (C=O) groups excluding carboxylic acids is 1. The van der Waals surface area contributed by atoms with Gasteiger partial charge in [-0.15, -0.1) is 11.3 Å². The predicted octanol–water partition coefficient (Wildman–Crippen LogP) is 4.36. The van der Waals surface area contributed by atoms with Gasteiger partial charge in [0.05, 0.1) is 42.6 Å². The van der Waals surface area contributed by atoms with Gasteiger partial charge in [0.1, 0.15) is 4.88 Å². The van der Waals surface area contributed by atoms with Crippen LogP contribution in [0, 0.1) is 23.2 Å². The van der Waals surface area contributed by atoms with Crippen molar-refractivity contribution in [2.45, 2.75) is 64.6 Å². The van der Waals surface area contributed by atoms with Crippen molar-refractivity contribution >= 4 is 29.2 Å². The summed E-state index contributed by atoms with van der Waals surface area (Å²) in [6, 6.07) is 1.85. The molecule has 2 fully saturated rings. The topological polar surface area (TPSA) is 77.4 Å². The summed E-state index contributed by atoms with van der Waals surface area (Å²) in [4.78, 5) is 18.1. The zero-order valence-corrected chi connectivity index (χ0v) is 19.7. The molecule has 1 aliphatic heterocycles. The Bertz CT molecular complexity index is 844. The van der Waals surface area contributed by atoms with Crippen molar-refractivity contribution in [3.63, 3.8) is 0 Å². The molecule has 0 spiro atoms. The van der Waals surface area contributed by atoms with Crippen LogP contribution in [0.3, 0.4) is 0 Å². The Kier molecular flexibility index (Phi) is 7.92. The number of methoxy groups -OCH3 is 1. The van der Waals surface area contributed by atoms with Crippen LogP contribution in [0.5, 0.6) is 0 Å². The largest absolute Gasteiger partial charge is 0.465 e. The van der Waals surface area contributed by atoms with Crippen LogP contribution in [0.4, 0.5) is 5.69 Å². The third-order valence-corrected chi connectivity index (χ3v) is 6.52. The number of rotatable bonds is 6. The van der Waals surface area contributed by atoms with Gasteiger partial charge in [-0.1, -0.05) is 11.8 Å². The summed E-state index contributed by atoms with van der Waals surface area (Å²) in [5.74, 6) is 6.19. The van der Waals surface area contributed by atoms with Crippen LogP contribution in [-0.2, 0) is 14.2 Å². The maximum Gasteiger partial charge on any atom is 0.350 e. The Morgan fingerprint density at radius 1 is 1.39 bits per heavy atom. The standard InChI is InChI=1S/C24H33NO5S/c1-23(2,3)9-7-19-13-20(21(31-19)22(26)28-4)25-14-17-5-10-24(27,11-6-17)16-30-18-8-12-29-15-18/h13-14,17-18,27H,5-6,8,10-12,15-16H2,1-4H3/b25-14+/t17?,18-,24?/m0/s1.